The minimum Gasteiger partial charge on any atom is -0.469 e. The van der Waals surface area contributed by atoms with Crippen LogP contribution in [0.3, 0.4) is 0 Å². The summed E-state index contributed by atoms with van der Waals surface area (Å²) in [6.45, 7) is 0. The Labute approximate surface area is 81.7 Å². The summed E-state index contributed by atoms with van der Waals surface area (Å²) in [4.78, 5) is 14.6. The van der Waals surface area contributed by atoms with Gasteiger partial charge in [-0.1, -0.05) is 11.6 Å². The Bertz CT molecular complexity index is 301. The van der Waals surface area contributed by atoms with E-state index in [0.29, 0.717) is 11.4 Å². The normalized spacial score (nSPS) is 9.69. The first kappa shape index (κ1) is 9.99. The fraction of sp³-hybridized carbons (Fsp3) is 0.222. The number of nitrogens with zero attached hydrogens (tertiary/aromatic N) is 1. The molecule has 1 heterocycles. The lowest BCUT2D eigenvalue weighted by Crippen LogP contribution is -2.03. The van der Waals surface area contributed by atoms with Crippen LogP contribution in [0.5, 0.6) is 0 Å². The summed E-state index contributed by atoms with van der Waals surface area (Å²) in [5.41, 5.74) is 0.887. The van der Waals surface area contributed by atoms with Gasteiger partial charge in [0, 0.05) is 12.4 Å². The summed E-state index contributed by atoms with van der Waals surface area (Å²) in [6, 6.07) is 1.76. The van der Waals surface area contributed by atoms with E-state index < -0.39 is 0 Å². The largest absolute Gasteiger partial charge is 0.469 e. The number of ether oxygens (including phenoxy) is 1. The van der Waals surface area contributed by atoms with Crippen LogP contribution in [-0.2, 0) is 16.0 Å². The van der Waals surface area contributed by atoms with Crippen LogP contribution in [0.25, 0.3) is 0 Å². The fourth-order valence-corrected chi connectivity index (χ4v) is 1.05. The average molecular weight is 199 g/mol. The number of hydrogen-bond donors (Lipinski definition) is 0. The first-order valence-electron chi connectivity index (χ1n) is 3.73. The third-order valence-corrected chi connectivity index (χ3v) is 1.67. The van der Waals surface area contributed by atoms with E-state index in [1.54, 1.807) is 18.5 Å². The molecule has 0 atom stereocenters. The Morgan fingerprint density at radius 2 is 2.46 bits per heavy atom. The number of hydrogen-bond acceptors (Lipinski definition) is 3. The molecule has 1 aromatic rings. The van der Waals surface area contributed by atoms with Crippen molar-refractivity contribution in [1.29, 1.82) is 0 Å². The fourth-order valence-electron chi connectivity index (χ4n) is 0.852. The first-order valence-corrected chi connectivity index (χ1v) is 4.11. The van der Waals surface area contributed by atoms with E-state index in [0.717, 1.165) is 5.56 Å². The van der Waals surface area contributed by atoms with Crippen molar-refractivity contribution < 1.29 is 9.53 Å². The van der Waals surface area contributed by atoms with Crippen molar-refractivity contribution in [3.05, 3.63) is 35.5 Å². The summed E-state index contributed by atoms with van der Waals surface area (Å²) >= 11 is 5.70. The summed E-state index contributed by atoms with van der Waals surface area (Å²) in [5, 5.41) is 0.566. The topological polar surface area (TPSA) is 39.2 Å². The van der Waals surface area contributed by atoms with Gasteiger partial charge in [0.05, 0.1) is 18.6 Å². The summed E-state index contributed by atoms with van der Waals surface area (Å²) in [5.74, 6) is -0.347. The maximum absolute atomic E-state index is 10.7. The van der Waals surface area contributed by atoms with Gasteiger partial charge in [0.1, 0.15) is 0 Å². The molecule has 69 valence electrons. The molecule has 0 aliphatic carbocycles. The van der Waals surface area contributed by atoms with E-state index in [1.165, 1.54) is 13.5 Å². The van der Waals surface area contributed by atoms with Gasteiger partial charge in [-0.3, -0.25) is 9.78 Å². The maximum Gasteiger partial charge on any atom is 0.309 e. The molecule has 1 rings (SSSR count). The van der Waals surface area contributed by atoms with E-state index >= 15 is 0 Å². The molecule has 0 bridgehead atoms. The maximum atomic E-state index is 10.7. The molecule has 13 heavy (non-hydrogen) atoms. The molecule has 0 aliphatic rings. The zero-order chi connectivity index (χ0) is 9.68. The molecule has 0 saturated heterocycles. The molecule has 0 fully saturated rings. The number of pyridine rings is 1. The van der Waals surface area contributed by atoms with E-state index in [-0.39, 0.29) is 5.97 Å². The predicted molar refractivity (Wildman–Crippen MR) is 49.3 cm³/mol. The lowest BCUT2D eigenvalue weighted by molar-refractivity contribution is -0.136. The molecular formula is C9H9ClNO2. The molecule has 4 heteroatoms. The predicted octanol–water partition coefficient (Wildman–Crippen LogP) is 1.65. The molecule has 0 saturated carbocycles. The Hall–Kier alpha value is -1.09. The van der Waals surface area contributed by atoms with Crippen LogP contribution in [-0.4, -0.2) is 18.1 Å². The summed E-state index contributed by atoms with van der Waals surface area (Å²) in [6.07, 6.45) is 5.13. The van der Waals surface area contributed by atoms with Crippen LogP contribution in [0.15, 0.2) is 18.5 Å². The van der Waals surface area contributed by atoms with Gasteiger partial charge in [-0.05, 0) is 18.1 Å². The number of esters is 1. The van der Waals surface area contributed by atoms with Crippen LogP contribution >= 0.6 is 11.6 Å². The van der Waals surface area contributed by atoms with Crippen LogP contribution in [0.1, 0.15) is 5.56 Å². The van der Waals surface area contributed by atoms with E-state index in [9.17, 15) is 4.79 Å². The van der Waals surface area contributed by atoms with Gasteiger partial charge in [-0.25, -0.2) is 0 Å². The van der Waals surface area contributed by atoms with Crippen LogP contribution in [0.4, 0.5) is 0 Å². The van der Waals surface area contributed by atoms with Crippen LogP contribution in [0.2, 0.25) is 5.02 Å². The van der Waals surface area contributed by atoms with Crippen molar-refractivity contribution in [2.45, 2.75) is 6.42 Å². The molecule has 0 amide bonds. The van der Waals surface area contributed by atoms with Crippen LogP contribution < -0.4 is 0 Å². The zero-order valence-corrected chi connectivity index (χ0v) is 7.91. The van der Waals surface area contributed by atoms with Crippen molar-refractivity contribution in [1.82, 2.24) is 4.98 Å². The number of rotatable bonds is 3. The van der Waals surface area contributed by atoms with Gasteiger partial charge in [-0.2, -0.15) is 0 Å². The second kappa shape index (κ2) is 4.82. The van der Waals surface area contributed by atoms with E-state index in [1.807, 2.05) is 0 Å². The lowest BCUT2D eigenvalue weighted by Gasteiger charge is -1.99. The highest BCUT2D eigenvalue weighted by atomic mass is 35.5. The van der Waals surface area contributed by atoms with Crippen LogP contribution in [0, 0.1) is 6.42 Å². The van der Waals surface area contributed by atoms with Crippen molar-refractivity contribution >= 4 is 17.6 Å². The molecule has 0 aromatic carbocycles. The van der Waals surface area contributed by atoms with Gasteiger partial charge in [0.2, 0.25) is 0 Å². The standard InChI is InChI=1S/C9H9ClNO2/c1-13-9(12)3-2-7-4-8(10)6-11-5-7/h3-6H,2H2,1H3. The van der Waals surface area contributed by atoms with Gasteiger partial charge >= 0.3 is 5.97 Å². The highest BCUT2D eigenvalue weighted by Crippen LogP contribution is 2.09. The Morgan fingerprint density at radius 3 is 3.08 bits per heavy atom. The molecule has 3 nitrogen and oxygen atoms in total. The molecule has 0 aliphatic heterocycles. The molecule has 1 radical (unpaired) electrons. The second-order valence-corrected chi connectivity index (χ2v) is 2.88. The number of halogens is 1. The van der Waals surface area contributed by atoms with Crippen molar-refractivity contribution in [3.63, 3.8) is 0 Å². The van der Waals surface area contributed by atoms with Gasteiger partial charge < -0.3 is 4.74 Å². The van der Waals surface area contributed by atoms with Gasteiger partial charge in [0.15, 0.2) is 0 Å². The number of aromatic nitrogens is 1. The molecule has 0 N–H and O–H groups in total. The molecular weight excluding hydrogens is 190 g/mol. The van der Waals surface area contributed by atoms with Gasteiger partial charge in [-0.15, -0.1) is 0 Å². The van der Waals surface area contributed by atoms with Crippen molar-refractivity contribution in [2.75, 3.05) is 7.11 Å². The summed E-state index contributed by atoms with van der Waals surface area (Å²) in [7, 11) is 1.34. The van der Waals surface area contributed by atoms with E-state index in [4.69, 9.17) is 11.6 Å². The molecule has 0 spiro atoms. The Morgan fingerprint density at radius 1 is 1.69 bits per heavy atom. The highest BCUT2D eigenvalue weighted by molar-refractivity contribution is 6.30. The molecule has 0 unspecified atom stereocenters. The highest BCUT2D eigenvalue weighted by Gasteiger charge is 2.02. The van der Waals surface area contributed by atoms with Crippen molar-refractivity contribution in [2.24, 2.45) is 0 Å². The monoisotopic (exact) mass is 198 g/mol. The third kappa shape index (κ3) is 3.42. The average Bonchev–Trinajstić information content (AvgIpc) is 2.14. The minimum atomic E-state index is -0.347. The third-order valence-electron chi connectivity index (χ3n) is 1.47. The zero-order valence-electron chi connectivity index (χ0n) is 7.16. The van der Waals surface area contributed by atoms with E-state index in [2.05, 4.69) is 9.72 Å². The summed E-state index contributed by atoms with van der Waals surface area (Å²) < 4.78 is 4.45. The molecule has 1 aromatic heterocycles. The quantitative estimate of drug-likeness (QED) is 0.694. The lowest BCUT2D eigenvalue weighted by atomic mass is 10.2. The number of carbonyl (C=O) groups excluding carboxylic acids is 1. The number of carbonyl (C=O) groups is 1. The SMILES string of the molecule is COC(=O)[CH]Cc1cncc(Cl)c1. The smallest absolute Gasteiger partial charge is 0.309 e. The van der Waals surface area contributed by atoms with Gasteiger partial charge in [0.25, 0.3) is 0 Å². The number of methoxy groups -OCH3 is 1. The Kier molecular flexibility index (Phi) is 3.71. The van der Waals surface area contributed by atoms with Crippen molar-refractivity contribution in [3.8, 4) is 0 Å². The Balaban J connectivity index is 2.50. The second-order valence-electron chi connectivity index (χ2n) is 2.44. The first-order chi connectivity index (χ1) is 6.22. The minimum absolute atomic E-state index is 0.347.